The molecule has 2 aromatic carbocycles. The van der Waals surface area contributed by atoms with E-state index in [1.807, 2.05) is 6.92 Å². The first kappa shape index (κ1) is 14.1. The van der Waals surface area contributed by atoms with Gasteiger partial charge in [-0.1, -0.05) is 28.1 Å². The topological polar surface area (TPSA) is 38.0 Å². The minimum absolute atomic E-state index is 0.334. The maximum Gasteiger partial charge on any atom is 0.124 e. The average molecular weight is 327 g/mol. The van der Waals surface area contributed by atoms with E-state index in [1.54, 1.807) is 12.1 Å². The molecule has 0 spiro atoms. The van der Waals surface area contributed by atoms with Crippen LogP contribution >= 0.6 is 15.9 Å². The Bertz CT molecular complexity index is 602. The first-order valence-electron chi connectivity index (χ1n) is 5.70. The molecule has 0 aromatic heterocycles. The molecule has 0 saturated heterocycles. The Balaban J connectivity index is 2.52. The molecule has 0 aliphatic carbocycles. The Labute approximate surface area is 118 Å². The van der Waals surface area contributed by atoms with Gasteiger partial charge in [-0.2, -0.15) is 0 Å². The van der Waals surface area contributed by atoms with Crippen molar-refractivity contribution in [3.8, 4) is 0 Å². The zero-order chi connectivity index (χ0) is 14.0. The van der Waals surface area contributed by atoms with Gasteiger partial charge < -0.3 is 0 Å². The van der Waals surface area contributed by atoms with Crippen LogP contribution in [0.2, 0.25) is 0 Å². The molecule has 0 bridgehead atoms. The highest BCUT2D eigenvalue weighted by molar-refractivity contribution is 9.10. The first-order chi connectivity index (χ1) is 9.02. The Morgan fingerprint density at radius 2 is 1.68 bits per heavy atom. The molecule has 1 atom stereocenters. The van der Waals surface area contributed by atoms with E-state index in [0.717, 1.165) is 16.7 Å². The molecule has 0 aliphatic rings. The van der Waals surface area contributed by atoms with Crippen LogP contribution in [-0.2, 0) is 0 Å². The molecule has 3 N–H and O–H groups in total. The lowest BCUT2D eigenvalue weighted by Gasteiger charge is -2.20. The summed E-state index contributed by atoms with van der Waals surface area (Å²) < 4.78 is 27.1. The van der Waals surface area contributed by atoms with E-state index in [0.29, 0.717) is 4.47 Å². The Morgan fingerprint density at radius 3 is 2.32 bits per heavy atom. The summed E-state index contributed by atoms with van der Waals surface area (Å²) in [6.45, 7) is 1.87. The fraction of sp³-hybridized carbons (Fsp3) is 0.143. The molecule has 19 heavy (non-hydrogen) atoms. The van der Waals surface area contributed by atoms with Gasteiger partial charge in [-0.3, -0.25) is 5.84 Å². The lowest BCUT2D eigenvalue weighted by atomic mass is 9.95. The summed E-state index contributed by atoms with van der Waals surface area (Å²) in [4.78, 5) is 0. The SMILES string of the molecule is Cc1ccc(F)cc1C(NN)c1ccc(F)cc1Br. The number of halogens is 3. The van der Waals surface area contributed by atoms with Gasteiger partial charge in [0.2, 0.25) is 0 Å². The third kappa shape index (κ3) is 3.00. The van der Waals surface area contributed by atoms with Gasteiger partial charge in [-0.15, -0.1) is 0 Å². The molecular formula is C14H13BrF2N2. The van der Waals surface area contributed by atoms with E-state index in [9.17, 15) is 8.78 Å². The van der Waals surface area contributed by atoms with Crippen molar-refractivity contribution in [2.24, 2.45) is 5.84 Å². The Hall–Kier alpha value is -1.30. The van der Waals surface area contributed by atoms with E-state index < -0.39 is 6.04 Å². The predicted molar refractivity (Wildman–Crippen MR) is 74.4 cm³/mol. The van der Waals surface area contributed by atoms with Crippen LogP contribution in [0.5, 0.6) is 0 Å². The maximum absolute atomic E-state index is 13.4. The van der Waals surface area contributed by atoms with E-state index in [2.05, 4.69) is 21.4 Å². The molecule has 0 radical (unpaired) electrons. The number of hydrogen-bond donors (Lipinski definition) is 2. The second-order valence-corrected chi connectivity index (χ2v) is 5.12. The molecule has 5 heteroatoms. The lowest BCUT2D eigenvalue weighted by molar-refractivity contribution is 0.597. The van der Waals surface area contributed by atoms with Crippen LogP contribution in [0.1, 0.15) is 22.7 Å². The summed E-state index contributed by atoms with van der Waals surface area (Å²) >= 11 is 3.30. The van der Waals surface area contributed by atoms with Gasteiger partial charge in [0.1, 0.15) is 11.6 Å². The van der Waals surface area contributed by atoms with Crippen molar-refractivity contribution < 1.29 is 8.78 Å². The average Bonchev–Trinajstić information content (AvgIpc) is 2.36. The first-order valence-corrected chi connectivity index (χ1v) is 6.49. The maximum atomic E-state index is 13.4. The smallest absolute Gasteiger partial charge is 0.124 e. The highest BCUT2D eigenvalue weighted by Gasteiger charge is 2.18. The second-order valence-electron chi connectivity index (χ2n) is 4.27. The molecule has 1 unspecified atom stereocenters. The monoisotopic (exact) mass is 326 g/mol. The highest BCUT2D eigenvalue weighted by atomic mass is 79.9. The fourth-order valence-electron chi connectivity index (χ4n) is 2.01. The van der Waals surface area contributed by atoms with Crippen molar-refractivity contribution in [3.63, 3.8) is 0 Å². The van der Waals surface area contributed by atoms with Crippen LogP contribution in [0.15, 0.2) is 40.9 Å². The third-order valence-electron chi connectivity index (χ3n) is 2.99. The number of rotatable bonds is 3. The quantitative estimate of drug-likeness (QED) is 0.668. The molecule has 2 rings (SSSR count). The van der Waals surface area contributed by atoms with Crippen molar-refractivity contribution in [3.05, 3.63) is 69.2 Å². The van der Waals surface area contributed by atoms with Gasteiger partial charge in [-0.05, 0) is 47.9 Å². The van der Waals surface area contributed by atoms with Crippen molar-refractivity contribution in [1.29, 1.82) is 0 Å². The van der Waals surface area contributed by atoms with Crippen molar-refractivity contribution in [2.75, 3.05) is 0 Å². The predicted octanol–water partition coefficient (Wildman–Crippen LogP) is 3.59. The zero-order valence-electron chi connectivity index (χ0n) is 10.3. The van der Waals surface area contributed by atoms with Crippen LogP contribution in [0.25, 0.3) is 0 Å². The number of nitrogens with one attached hydrogen (secondary N) is 1. The summed E-state index contributed by atoms with van der Waals surface area (Å²) in [5.74, 6) is 4.90. The van der Waals surface area contributed by atoms with Gasteiger partial charge in [0, 0.05) is 4.47 Å². The molecule has 0 heterocycles. The van der Waals surface area contributed by atoms with Gasteiger partial charge in [0.25, 0.3) is 0 Å². The van der Waals surface area contributed by atoms with E-state index in [4.69, 9.17) is 5.84 Å². The second kappa shape index (κ2) is 5.77. The highest BCUT2D eigenvalue weighted by Crippen LogP contribution is 2.30. The summed E-state index contributed by atoms with van der Waals surface area (Å²) in [5.41, 5.74) is 5.01. The van der Waals surface area contributed by atoms with E-state index in [1.165, 1.54) is 24.3 Å². The molecule has 0 saturated carbocycles. The number of hydrazine groups is 1. The van der Waals surface area contributed by atoms with Crippen LogP contribution in [0.4, 0.5) is 8.78 Å². The van der Waals surface area contributed by atoms with Crippen LogP contribution in [0.3, 0.4) is 0 Å². The molecule has 0 aliphatic heterocycles. The lowest BCUT2D eigenvalue weighted by Crippen LogP contribution is -2.29. The van der Waals surface area contributed by atoms with Gasteiger partial charge in [0.05, 0.1) is 6.04 Å². The normalized spacial score (nSPS) is 12.5. The number of hydrogen-bond acceptors (Lipinski definition) is 2. The zero-order valence-corrected chi connectivity index (χ0v) is 11.8. The van der Waals surface area contributed by atoms with E-state index in [-0.39, 0.29) is 11.6 Å². The largest absolute Gasteiger partial charge is 0.271 e. The Kier molecular flexibility index (Phi) is 4.29. The van der Waals surface area contributed by atoms with Crippen molar-refractivity contribution in [2.45, 2.75) is 13.0 Å². The number of nitrogens with two attached hydrogens (primary N) is 1. The minimum atomic E-state index is -0.411. The van der Waals surface area contributed by atoms with Gasteiger partial charge >= 0.3 is 0 Å². The van der Waals surface area contributed by atoms with Crippen molar-refractivity contribution in [1.82, 2.24) is 5.43 Å². The van der Waals surface area contributed by atoms with Gasteiger partial charge in [0.15, 0.2) is 0 Å². The number of benzene rings is 2. The molecule has 0 amide bonds. The molecule has 0 fully saturated rings. The van der Waals surface area contributed by atoms with Gasteiger partial charge in [-0.25, -0.2) is 14.2 Å². The van der Waals surface area contributed by atoms with Crippen LogP contribution in [0, 0.1) is 18.6 Å². The van der Waals surface area contributed by atoms with Crippen LogP contribution in [-0.4, -0.2) is 0 Å². The summed E-state index contributed by atoms with van der Waals surface area (Å²) in [6, 6.07) is 8.42. The summed E-state index contributed by atoms with van der Waals surface area (Å²) in [5, 5.41) is 0. The molecule has 100 valence electrons. The summed E-state index contributed by atoms with van der Waals surface area (Å²) in [7, 11) is 0. The molecule has 2 aromatic rings. The standard InChI is InChI=1S/C14H13BrF2N2/c1-8-2-3-9(16)6-12(8)14(19-18)11-5-4-10(17)7-13(11)15/h2-7,14,19H,18H2,1H3. The minimum Gasteiger partial charge on any atom is -0.271 e. The molecule has 2 nitrogen and oxygen atoms in total. The number of aryl methyl sites for hydroxylation is 1. The summed E-state index contributed by atoms with van der Waals surface area (Å²) in [6.07, 6.45) is 0. The van der Waals surface area contributed by atoms with E-state index >= 15 is 0 Å². The third-order valence-corrected chi connectivity index (χ3v) is 3.68. The molecular weight excluding hydrogens is 314 g/mol. The van der Waals surface area contributed by atoms with Crippen molar-refractivity contribution >= 4 is 15.9 Å². The van der Waals surface area contributed by atoms with Crippen LogP contribution < -0.4 is 11.3 Å². The Morgan fingerprint density at radius 1 is 1.05 bits per heavy atom. The fourth-order valence-corrected chi connectivity index (χ4v) is 2.58.